The number of hydrogen-bond acceptors (Lipinski definition) is 3. The molecule has 1 atom stereocenters. The number of rotatable bonds is 2. The maximum atomic E-state index is 5.98. The second-order valence-electron chi connectivity index (χ2n) is 5.10. The second-order valence-corrected chi connectivity index (χ2v) is 5.10. The number of nitrogens with one attached hydrogen (secondary N) is 1. The van der Waals surface area contributed by atoms with Gasteiger partial charge in [0.1, 0.15) is 0 Å². The highest BCUT2D eigenvalue weighted by Gasteiger charge is 2.44. The van der Waals surface area contributed by atoms with Crippen LogP contribution < -0.4 is 10.8 Å². The lowest BCUT2D eigenvalue weighted by atomic mass is 9.76. The molecule has 3 nitrogen and oxygen atoms in total. The van der Waals surface area contributed by atoms with Gasteiger partial charge in [0.25, 0.3) is 0 Å². The van der Waals surface area contributed by atoms with Gasteiger partial charge in [-0.15, -0.1) is 0 Å². The van der Waals surface area contributed by atoms with Crippen LogP contribution in [0.5, 0.6) is 0 Å². The Morgan fingerprint density at radius 3 is 2.59 bits per heavy atom. The van der Waals surface area contributed by atoms with Crippen LogP contribution in [0.1, 0.15) is 26.3 Å². The molecular weight excluding hydrogens is 213 g/mol. The Morgan fingerprint density at radius 2 is 2.06 bits per heavy atom. The second kappa shape index (κ2) is 4.35. The van der Waals surface area contributed by atoms with Gasteiger partial charge in [-0.2, -0.15) is 0 Å². The first-order chi connectivity index (χ1) is 7.95. The standard InChI is InChI=1S/C13H20BNO2/c1-9-11(7-6-8-12(9)15-5)14-16-10(2)13(3,4)17-14/h6-8,10,15H,1-5H3. The van der Waals surface area contributed by atoms with Crippen LogP contribution in [0.2, 0.25) is 0 Å². The van der Waals surface area contributed by atoms with Crippen LogP contribution in [0.3, 0.4) is 0 Å². The van der Waals surface area contributed by atoms with Crippen LogP contribution in [-0.4, -0.2) is 25.9 Å². The van der Waals surface area contributed by atoms with Crippen molar-refractivity contribution in [2.45, 2.75) is 39.4 Å². The van der Waals surface area contributed by atoms with Crippen molar-refractivity contribution in [1.82, 2.24) is 0 Å². The molecule has 0 amide bonds. The first kappa shape index (κ1) is 12.5. The fourth-order valence-corrected chi connectivity index (χ4v) is 2.07. The van der Waals surface area contributed by atoms with Crippen molar-refractivity contribution >= 4 is 18.3 Å². The minimum absolute atomic E-state index is 0.102. The molecule has 0 bridgehead atoms. The lowest BCUT2D eigenvalue weighted by Crippen LogP contribution is -2.36. The molecule has 1 saturated heterocycles. The first-order valence-corrected chi connectivity index (χ1v) is 6.06. The zero-order chi connectivity index (χ0) is 12.6. The van der Waals surface area contributed by atoms with Crippen molar-refractivity contribution in [1.29, 1.82) is 0 Å². The summed E-state index contributed by atoms with van der Waals surface area (Å²) in [7, 11) is 1.67. The monoisotopic (exact) mass is 233 g/mol. The minimum atomic E-state index is -0.256. The summed E-state index contributed by atoms with van der Waals surface area (Å²) in [4.78, 5) is 0. The van der Waals surface area contributed by atoms with Crippen molar-refractivity contribution in [3.8, 4) is 0 Å². The Morgan fingerprint density at radius 1 is 1.35 bits per heavy atom. The van der Waals surface area contributed by atoms with Crippen molar-refractivity contribution in [2.75, 3.05) is 12.4 Å². The Balaban J connectivity index is 2.31. The van der Waals surface area contributed by atoms with Gasteiger partial charge in [0.05, 0.1) is 11.7 Å². The SMILES string of the molecule is CNc1cccc(B2OC(C)C(C)(C)O2)c1C. The molecule has 1 N–H and O–H groups in total. The summed E-state index contributed by atoms with van der Waals surface area (Å²) in [6, 6.07) is 6.15. The molecule has 4 heteroatoms. The van der Waals surface area contributed by atoms with E-state index >= 15 is 0 Å². The van der Waals surface area contributed by atoms with E-state index in [-0.39, 0.29) is 18.8 Å². The summed E-state index contributed by atoms with van der Waals surface area (Å²) in [5.41, 5.74) is 3.18. The third-order valence-electron chi connectivity index (χ3n) is 3.62. The Hall–Kier alpha value is -0.995. The Kier molecular flexibility index (Phi) is 3.19. The molecule has 1 heterocycles. The molecule has 1 aromatic carbocycles. The van der Waals surface area contributed by atoms with Gasteiger partial charge in [-0.05, 0) is 44.8 Å². The maximum absolute atomic E-state index is 5.98. The smallest absolute Gasteiger partial charge is 0.402 e. The van der Waals surface area contributed by atoms with Gasteiger partial charge in [-0.1, -0.05) is 12.1 Å². The van der Waals surface area contributed by atoms with Crippen LogP contribution in [0.15, 0.2) is 18.2 Å². The summed E-state index contributed by atoms with van der Waals surface area (Å²) in [6.45, 7) is 8.27. The molecule has 1 aliphatic rings. The van der Waals surface area contributed by atoms with Crippen molar-refractivity contribution < 1.29 is 9.31 Å². The van der Waals surface area contributed by atoms with E-state index in [1.807, 2.05) is 13.1 Å². The Bertz CT molecular complexity index is 420. The van der Waals surface area contributed by atoms with E-state index in [9.17, 15) is 0 Å². The third-order valence-corrected chi connectivity index (χ3v) is 3.62. The quantitative estimate of drug-likeness (QED) is 0.792. The molecule has 92 valence electrons. The van der Waals surface area contributed by atoms with Crippen molar-refractivity contribution in [3.05, 3.63) is 23.8 Å². The minimum Gasteiger partial charge on any atom is -0.402 e. The summed E-state index contributed by atoms with van der Waals surface area (Å²) in [5.74, 6) is 0. The molecule has 0 radical (unpaired) electrons. The first-order valence-electron chi connectivity index (χ1n) is 6.06. The predicted octanol–water partition coefficient (Wildman–Crippen LogP) is 1.95. The largest absolute Gasteiger partial charge is 0.494 e. The molecule has 1 unspecified atom stereocenters. The van der Waals surface area contributed by atoms with E-state index in [4.69, 9.17) is 9.31 Å². The third kappa shape index (κ3) is 2.19. The molecule has 17 heavy (non-hydrogen) atoms. The predicted molar refractivity (Wildman–Crippen MR) is 71.8 cm³/mol. The van der Waals surface area contributed by atoms with Crippen LogP contribution in [0.4, 0.5) is 5.69 Å². The van der Waals surface area contributed by atoms with E-state index in [0.717, 1.165) is 11.2 Å². The highest BCUT2D eigenvalue weighted by atomic mass is 16.7. The summed E-state index contributed by atoms with van der Waals surface area (Å²) in [5, 5.41) is 3.18. The van der Waals surface area contributed by atoms with Gasteiger partial charge < -0.3 is 14.6 Å². The number of benzene rings is 1. The summed E-state index contributed by atoms with van der Waals surface area (Å²) >= 11 is 0. The highest BCUT2D eigenvalue weighted by Crippen LogP contribution is 2.27. The zero-order valence-corrected chi connectivity index (χ0v) is 11.2. The van der Waals surface area contributed by atoms with E-state index in [2.05, 4.69) is 45.1 Å². The molecule has 2 rings (SSSR count). The van der Waals surface area contributed by atoms with Gasteiger partial charge in [0.15, 0.2) is 0 Å². The van der Waals surface area contributed by atoms with Crippen LogP contribution in [-0.2, 0) is 9.31 Å². The van der Waals surface area contributed by atoms with Gasteiger partial charge in [-0.25, -0.2) is 0 Å². The van der Waals surface area contributed by atoms with Crippen molar-refractivity contribution in [3.63, 3.8) is 0 Å². The average molecular weight is 233 g/mol. The molecule has 0 aliphatic carbocycles. The summed E-state index contributed by atoms with van der Waals surface area (Å²) < 4.78 is 11.9. The summed E-state index contributed by atoms with van der Waals surface area (Å²) in [6.07, 6.45) is 0.102. The Labute approximate surface area is 104 Å². The molecule has 0 aromatic heterocycles. The molecular formula is C13H20BNO2. The normalized spacial score (nSPS) is 22.9. The number of anilines is 1. The van der Waals surface area contributed by atoms with Crippen LogP contribution >= 0.6 is 0 Å². The van der Waals surface area contributed by atoms with Crippen molar-refractivity contribution in [2.24, 2.45) is 0 Å². The van der Waals surface area contributed by atoms with Gasteiger partial charge >= 0.3 is 7.12 Å². The topological polar surface area (TPSA) is 30.5 Å². The lowest BCUT2D eigenvalue weighted by Gasteiger charge is -2.21. The molecule has 0 saturated carbocycles. The van der Waals surface area contributed by atoms with Crippen LogP contribution in [0.25, 0.3) is 0 Å². The van der Waals surface area contributed by atoms with E-state index in [0.29, 0.717) is 0 Å². The lowest BCUT2D eigenvalue weighted by molar-refractivity contribution is 0.0842. The van der Waals surface area contributed by atoms with Gasteiger partial charge in [-0.3, -0.25) is 0 Å². The zero-order valence-electron chi connectivity index (χ0n) is 11.2. The van der Waals surface area contributed by atoms with E-state index in [1.54, 1.807) is 0 Å². The average Bonchev–Trinajstić information content (AvgIpc) is 2.53. The molecule has 1 aliphatic heterocycles. The fraction of sp³-hybridized carbons (Fsp3) is 0.538. The van der Waals surface area contributed by atoms with Gasteiger partial charge in [0.2, 0.25) is 0 Å². The highest BCUT2D eigenvalue weighted by molar-refractivity contribution is 6.62. The maximum Gasteiger partial charge on any atom is 0.494 e. The molecule has 0 spiro atoms. The fourth-order valence-electron chi connectivity index (χ4n) is 2.07. The van der Waals surface area contributed by atoms with E-state index in [1.165, 1.54) is 5.56 Å². The van der Waals surface area contributed by atoms with E-state index < -0.39 is 0 Å². The van der Waals surface area contributed by atoms with Crippen LogP contribution in [0, 0.1) is 6.92 Å². The number of hydrogen-bond donors (Lipinski definition) is 1. The molecule has 1 aromatic rings. The molecule has 1 fully saturated rings. The van der Waals surface area contributed by atoms with Gasteiger partial charge in [0, 0.05) is 12.7 Å².